The average Bonchev–Trinajstić information content (AvgIpc) is 2.95. The smallest absolute Gasteiger partial charge is 0.433 e. The molecule has 0 saturated carbocycles. The normalized spacial score (nSPS) is 11.9. The van der Waals surface area contributed by atoms with E-state index in [0.29, 0.717) is 28.7 Å². The van der Waals surface area contributed by atoms with Crippen molar-refractivity contribution < 1.29 is 26.7 Å². The van der Waals surface area contributed by atoms with Crippen LogP contribution < -0.4 is 4.74 Å². The molecular formula is C17H13F4NO2. The van der Waals surface area contributed by atoms with Gasteiger partial charge in [0.2, 0.25) is 5.88 Å². The zero-order chi connectivity index (χ0) is 17.3. The molecule has 3 nitrogen and oxygen atoms in total. The molecule has 2 heterocycles. The monoisotopic (exact) mass is 339 g/mol. The molecule has 126 valence electrons. The lowest BCUT2D eigenvalue weighted by atomic mass is 10.1. The minimum absolute atomic E-state index is 0.154. The Balaban J connectivity index is 1.87. The van der Waals surface area contributed by atoms with Gasteiger partial charge in [-0.3, -0.25) is 0 Å². The Morgan fingerprint density at radius 2 is 1.96 bits per heavy atom. The van der Waals surface area contributed by atoms with E-state index in [1.807, 2.05) is 6.92 Å². The summed E-state index contributed by atoms with van der Waals surface area (Å²) in [6.45, 7) is 1.75. The van der Waals surface area contributed by atoms with Crippen LogP contribution in [0, 0.1) is 5.82 Å². The predicted octanol–water partition coefficient (Wildman–Crippen LogP) is 5.13. The van der Waals surface area contributed by atoms with Gasteiger partial charge in [0.05, 0.1) is 0 Å². The third-order valence-corrected chi connectivity index (χ3v) is 3.45. The van der Waals surface area contributed by atoms with E-state index < -0.39 is 17.7 Å². The highest BCUT2D eigenvalue weighted by molar-refractivity contribution is 5.81. The van der Waals surface area contributed by atoms with E-state index in [2.05, 4.69) is 4.98 Å². The topological polar surface area (TPSA) is 35.3 Å². The molecule has 0 radical (unpaired) electrons. The maximum atomic E-state index is 13.7. The lowest BCUT2D eigenvalue weighted by Crippen LogP contribution is -2.09. The van der Waals surface area contributed by atoms with Crippen molar-refractivity contribution in [1.82, 2.24) is 4.98 Å². The van der Waals surface area contributed by atoms with E-state index in [1.54, 1.807) is 6.07 Å². The molecule has 0 spiro atoms. The fourth-order valence-electron chi connectivity index (χ4n) is 2.33. The number of ether oxygens (including phenoxy) is 1. The Bertz CT molecular complexity index is 871. The molecule has 1 aromatic carbocycles. The second-order valence-corrected chi connectivity index (χ2v) is 5.20. The summed E-state index contributed by atoms with van der Waals surface area (Å²) in [6, 6.07) is 7.67. The van der Waals surface area contributed by atoms with E-state index in [4.69, 9.17) is 9.15 Å². The zero-order valence-electron chi connectivity index (χ0n) is 12.7. The van der Waals surface area contributed by atoms with Gasteiger partial charge in [0.1, 0.15) is 29.5 Å². The first-order chi connectivity index (χ1) is 11.4. The molecule has 24 heavy (non-hydrogen) atoms. The van der Waals surface area contributed by atoms with Crippen LogP contribution in [0.15, 0.2) is 40.8 Å². The molecule has 0 fully saturated rings. The van der Waals surface area contributed by atoms with Gasteiger partial charge in [-0.15, -0.1) is 0 Å². The van der Waals surface area contributed by atoms with Crippen LogP contribution in [-0.4, -0.2) is 4.98 Å². The highest BCUT2D eigenvalue weighted by Gasteiger charge is 2.32. The number of aryl methyl sites for hydroxylation is 1. The maximum Gasteiger partial charge on any atom is 0.433 e. The molecule has 0 bridgehead atoms. The summed E-state index contributed by atoms with van der Waals surface area (Å²) in [7, 11) is 0. The molecule has 2 aromatic heterocycles. The van der Waals surface area contributed by atoms with Gasteiger partial charge in [-0.2, -0.15) is 13.2 Å². The van der Waals surface area contributed by atoms with Crippen LogP contribution in [-0.2, 0) is 19.2 Å². The molecule has 0 aliphatic heterocycles. The van der Waals surface area contributed by atoms with Crippen molar-refractivity contribution in [2.75, 3.05) is 0 Å². The van der Waals surface area contributed by atoms with E-state index >= 15 is 0 Å². The van der Waals surface area contributed by atoms with Crippen LogP contribution in [0.5, 0.6) is 5.88 Å². The maximum absolute atomic E-state index is 13.7. The van der Waals surface area contributed by atoms with Crippen molar-refractivity contribution in [3.63, 3.8) is 0 Å². The molecule has 3 aromatic rings. The number of hydrogen-bond donors (Lipinski definition) is 0. The van der Waals surface area contributed by atoms with E-state index in [1.165, 1.54) is 24.3 Å². The minimum Gasteiger partial charge on any atom is -0.473 e. The highest BCUT2D eigenvalue weighted by atomic mass is 19.4. The molecule has 0 atom stereocenters. The van der Waals surface area contributed by atoms with Crippen molar-refractivity contribution >= 4 is 11.0 Å². The van der Waals surface area contributed by atoms with Gasteiger partial charge in [-0.1, -0.05) is 13.0 Å². The highest BCUT2D eigenvalue weighted by Crippen LogP contribution is 2.29. The number of alkyl halides is 3. The number of furan rings is 1. The summed E-state index contributed by atoms with van der Waals surface area (Å²) < 4.78 is 62.6. The molecule has 0 aliphatic rings. The van der Waals surface area contributed by atoms with Gasteiger partial charge in [0, 0.05) is 23.4 Å². The van der Waals surface area contributed by atoms with Crippen molar-refractivity contribution in [1.29, 1.82) is 0 Å². The SMILES string of the molecule is CCc1cc2cc(F)cc(COc3cccc(C(F)(F)F)n3)c2o1. The summed E-state index contributed by atoms with van der Waals surface area (Å²) in [4.78, 5) is 3.41. The Hall–Kier alpha value is -2.57. The van der Waals surface area contributed by atoms with Crippen LogP contribution in [0.2, 0.25) is 0 Å². The van der Waals surface area contributed by atoms with Crippen LogP contribution in [0.25, 0.3) is 11.0 Å². The Morgan fingerprint density at radius 3 is 2.67 bits per heavy atom. The Morgan fingerprint density at radius 1 is 1.17 bits per heavy atom. The number of benzene rings is 1. The van der Waals surface area contributed by atoms with Gasteiger partial charge in [-0.25, -0.2) is 9.37 Å². The van der Waals surface area contributed by atoms with Crippen molar-refractivity contribution in [2.24, 2.45) is 0 Å². The molecule has 3 rings (SSSR count). The summed E-state index contributed by atoms with van der Waals surface area (Å²) in [6.07, 6.45) is -3.91. The van der Waals surface area contributed by atoms with Gasteiger partial charge in [0.25, 0.3) is 0 Å². The van der Waals surface area contributed by atoms with E-state index in [0.717, 1.165) is 6.07 Å². The summed E-state index contributed by atoms with van der Waals surface area (Å²) >= 11 is 0. The van der Waals surface area contributed by atoms with Gasteiger partial charge >= 0.3 is 6.18 Å². The minimum atomic E-state index is -4.55. The second kappa shape index (κ2) is 6.14. The second-order valence-electron chi connectivity index (χ2n) is 5.20. The lowest BCUT2D eigenvalue weighted by molar-refractivity contribution is -0.141. The van der Waals surface area contributed by atoms with E-state index in [-0.39, 0.29) is 12.5 Å². The molecular weight excluding hydrogens is 326 g/mol. The molecule has 7 heteroatoms. The van der Waals surface area contributed by atoms with Crippen molar-refractivity contribution in [3.8, 4) is 5.88 Å². The van der Waals surface area contributed by atoms with Crippen LogP contribution in [0.1, 0.15) is 23.9 Å². The lowest BCUT2D eigenvalue weighted by Gasteiger charge is -2.09. The number of halogens is 4. The number of fused-ring (bicyclic) bond motifs is 1. The number of rotatable bonds is 4. The third kappa shape index (κ3) is 3.34. The predicted molar refractivity (Wildman–Crippen MR) is 79.1 cm³/mol. The fraction of sp³-hybridized carbons (Fsp3) is 0.235. The molecule has 0 saturated heterocycles. The average molecular weight is 339 g/mol. The number of pyridine rings is 1. The van der Waals surface area contributed by atoms with Crippen molar-refractivity contribution in [2.45, 2.75) is 26.1 Å². The van der Waals surface area contributed by atoms with Crippen molar-refractivity contribution in [3.05, 3.63) is 59.2 Å². The summed E-state index contributed by atoms with van der Waals surface area (Å²) in [5, 5.41) is 0.586. The van der Waals surface area contributed by atoms with Gasteiger partial charge in [0.15, 0.2) is 0 Å². The molecule has 0 amide bonds. The Kier molecular flexibility index (Phi) is 4.17. The van der Waals surface area contributed by atoms with Crippen LogP contribution in [0.4, 0.5) is 17.6 Å². The number of hydrogen-bond acceptors (Lipinski definition) is 3. The first-order valence-corrected chi connectivity index (χ1v) is 7.24. The molecule has 0 N–H and O–H groups in total. The quantitative estimate of drug-likeness (QED) is 0.618. The Labute approximate surface area is 134 Å². The zero-order valence-corrected chi connectivity index (χ0v) is 12.7. The molecule has 0 aliphatic carbocycles. The fourth-order valence-corrected chi connectivity index (χ4v) is 2.33. The number of nitrogens with zero attached hydrogens (tertiary/aromatic N) is 1. The van der Waals surface area contributed by atoms with E-state index in [9.17, 15) is 17.6 Å². The van der Waals surface area contributed by atoms with Crippen LogP contribution in [0.3, 0.4) is 0 Å². The molecule has 0 unspecified atom stereocenters. The van der Waals surface area contributed by atoms with Gasteiger partial charge < -0.3 is 9.15 Å². The first kappa shape index (κ1) is 16.3. The standard InChI is InChI=1S/C17H13F4NO2/c1-2-13-8-10-6-12(18)7-11(16(10)24-13)9-23-15-5-3-4-14(22-15)17(19,20)21/h3-8H,2,9H2,1H3. The largest absolute Gasteiger partial charge is 0.473 e. The number of aromatic nitrogens is 1. The summed E-state index contributed by atoms with van der Waals surface area (Å²) in [5.74, 6) is 0.0279. The van der Waals surface area contributed by atoms with Gasteiger partial charge in [-0.05, 0) is 24.3 Å². The summed E-state index contributed by atoms with van der Waals surface area (Å²) in [5.41, 5.74) is -0.181. The van der Waals surface area contributed by atoms with Crippen LogP contribution >= 0.6 is 0 Å². The first-order valence-electron chi connectivity index (χ1n) is 7.24. The third-order valence-electron chi connectivity index (χ3n) is 3.45.